The zero-order valence-corrected chi connectivity index (χ0v) is 24.2. The molecule has 0 aliphatic rings. The molecule has 8 heteroatoms. The standard InChI is InChI=1S/C31H39N3O4S/c1-6-25(4)32-31(36)29(20-26-13-8-7-9-14-26)33(21-27-15-11-10-12-24(27)3)30(35)22-34(39(5,37)38)28-18-16-23(2)17-19-28/h7-19,25,29H,6,20-22H2,1-5H3,(H,32,36). The van der Waals surface area contributed by atoms with E-state index >= 15 is 0 Å². The molecule has 3 rings (SSSR count). The number of carbonyl (C=O) groups is 2. The van der Waals surface area contributed by atoms with Crippen molar-refractivity contribution in [2.45, 2.75) is 59.2 Å². The Morgan fingerprint density at radius 2 is 1.51 bits per heavy atom. The van der Waals surface area contributed by atoms with Gasteiger partial charge in [-0.2, -0.15) is 0 Å². The van der Waals surface area contributed by atoms with Gasteiger partial charge in [0.05, 0.1) is 11.9 Å². The van der Waals surface area contributed by atoms with E-state index < -0.39 is 28.5 Å². The highest BCUT2D eigenvalue weighted by atomic mass is 32.2. The normalized spacial score (nSPS) is 12.8. The van der Waals surface area contributed by atoms with Gasteiger partial charge in [-0.05, 0) is 56.0 Å². The number of amides is 2. The molecule has 1 N–H and O–H groups in total. The van der Waals surface area contributed by atoms with E-state index in [1.54, 1.807) is 24.3 Å². The van der Waals surface area contributed by atoms with Crippen LogP contribution in [0, 0.1) is 13.8 Å². The zero-order chi connectivity index (χ0) is 28.6. The molecule has 3 aromatic carbocycles. The minimum atomic E-state index is -3.78. The molecule has 7 nitrogen and oxygen atoms in total. The van der Waals surface area contributed by atoms with Crippen molar-refractivity contribution in [2.75, 3.05) is 17.1 Å². The lowest BCUT2D eigenvalue weighted by atomic mass is 10.0. The Hall–Kier alpha value is -3.65. The SMILES string of the molecule is CCC(C)NC(=O)C(Cc1ccccc1)N(Cc1ccccc1C)C(=O)CN(c1ccc(C)cc1)S(C)(=O)=O. The van der Waals surface area contributed by atoms with Gasteiger partial charge in [-0.25, -0.2) is 8.42 Å². The van der Waals surface area contributed by atoms with Crippen LogP contribution in [0.25, 0.3) is 0 Å². The van der Waals surface area contributed by atoms with Gasteiger partial charge in [-0.1, -0.05) is 79.2 Å². The Balaban J connectivity index is 2.06. The van der Waals surface area contributed by atoms with Gasteiger partial charge >= 0.3 is 0 Å². The Kier molecular flexibility index (Phi) is 10.3. The van der Waals surface area contributed by atoms with Crippen LogP contribution in [-0.4, -0.2) is 50.0 Å². The molecule has 0 aromatic heterocycles. The summed E-state index contributed by atoms with van der Waals surface area (Å²) in [4.78, 5) is 29.3. The highest BCUT2D eigenvalue weighted by Crippen LogP contribution is 2.21. The number of hydrogen-bond donors (Lipinski definition) is 1. The Bertz CT molecular complexity index is 1360. The number of carbonyl (C=O) groups excluding carboxylic acids is 2. The molecule has 0 fully saturated rings. The summed E-state index contributed by atoms with van der Waals surface area (Å²) in [5.74, 6) is -0.721. The van der Waals surface area contributed by atoms with Crippen LogP contribution in [-0.2, 0) is 32.6 Å². The van der Waals surface area contributed by atoms with Gasteiger partial charge in [-0.15, -0.1) is 0 Å². The van der Waals surface area contributed by atoms with Crippen molar-refractivity contribution >= 4 is 27.5 Å². The minimum Gasteiger partial charge on any atom is -0.352 e. The van der Waals surface area contributed by atoms with E-state index in [0.717, 1.165) is 39.2 Å². The number of aryl methyl sites for hydroxylation is 2. The van der Waals surface area contributed by atoms with Crippen LogP contribution >= 0.6 is 0 Å². The number of rotatable bonds is 12. The highest BCUT2D eigenvalue weighted by molar-refractivity contribution is 7.92. The molecule has 208 valence electrons. The lowest BCUT2D eigenvalue weighted by Gasteiger charge is -2.34. The van der Waals surface area contributed by atoms with Gasteiger partial charge in [0, 0.05) is 19.0 Å². The van der Waals surface area contributed by atoms with E-state index in [2.05, 4.69) is 5.32 Å². The summed E-state index contributed by atoms with van der Waals surface area (Å²) in [5, 5.41) is 3.04. The van der Waals surface area contributed by atoms with Gasteiger partial charge in [0.25, 0.3) is 0 Å². The topological polar surface area (TPSA) is 86.8 Å². The average Bonchev–Trinajstić information content (AvgIpc) is 2.90. The van der Waals surface area contributed by atoms with Crippen molar-refractivity contribution in [3.05, 3.63) is 101 Å². The first kappa shape index (κ1) is 29.9. The second kappa shape index (κ2) is 13.4. The van der Waals surface area contributed by atoms with Gasteiger partial charge in [-0.3, -0.25) is 13.9 Å². The van der Waals surface area contributed by atoms with E-state index in [1.165, 1.54) is 4.90 Å². The molecule has 2 atom stereocenters. The van der Waals surface area contributed by atoms with Gasteiger partial charge in [0.15, 0.2) is 0 Å². The molecule has 0 heterocycles. The fourth-order valence-electron chi connectivity index (χ4n) is 4.29. The summed E-state index contributed by atoms with van der Waals surface area (Å²) >= 11 is 0. The third kappa shape index (κ3) is 8.42. The van der Waals surface area contributed by atoms with Crippen molar-refractivity contribution in [1.82, 2.24) is 10.2 Å². The molecule has 39 heavy (non-hydrogen) atoms. The molecular formula is C31H39N3O4S. The summed E-state index contributed by atoms with van der Waals surface area (Å²) in [6.45, 7) is 7.52. The van der Waals surface area contributed by atoms with Gasteiger partial charge in [0.2, 0.25) is 21.8 Å². The van der Waals surface area contributed by atoms with E-state index in [1.807, 2.05) is 82.3 Å². The number of hydrogen-bond acceptors (Lipinski definition) is 4. The third-order valence-corrected chi connectivity index (χ3v) is 8.02. The predicted molar refractivity (Wildman–Crippen MR) is 157 cm³/mol. The van der Waals surface area contributed by atoms with Gasteiger partial charge < -0.3 is 10.2 Å². The minimum absolute atomic E-state index is 0.0775. The quantitative estimate of drug-likeness (QED) is 0.357. The zero-order valence-electron chi connectivity index (χ0n) is 23.4. The predicted octanol–water partition coefficient (Wildman–Crippen LogP) is 4.62. The molecule has 0 spiro atoms. The summed E-state index contributed by atoms with van der Waals surface area (Å²) in [7, 11) is -3.78. The van der Waals surface area contributed by atoms with E-state index in [9.17, 15) is 18.0 Å². The lowest BCUT2D eigenvalue weighted by molar-refractivity contribution is -0.140. The molecule has 2 amide bonds. The van der Waals surface area contributed by atoms with Crippen molar-refractivity contribution in [3.63, 3.8) is 0 Å². The molecule has 0 saturated carbocycles. The molecule has 2 unspecified atom stereocenters. The second-order valence-corrected chi connectivity index (χ2v) is 12.0. The number of benzene rings is 3. The molecule has 0 aliphatic carbocycles. The molecular weight excluding hydrogens is 510 g/mol. The van der Waals surface area contributed by atoms with Crippen LogP contribution < -0.4 is 9.62 Å². The van der Waals surface area contributed by atoms with Crippen molar-refractivity contribution in [2.24, 2.45) is 0 Å². The van der Waals surface area contributed by atoms with E-state index in [-0.39, 0.29) is 18.5 Å². The van der Waals surface area contributed by atoms with E-state index in [4.69, 9.17) is 0 Å². The van der Waals surface area contributed by atoms with Crippen LogP contribution in [0.2, 0.25) is 0 Å². The number of anilines is 1. The number of nitrogens with zero attached hydrogens (tertiary/aromatic N) is 2. The van der Waals surface area contributed by atoms with Crippen LogP contribution in [0.4, 0.5) is 5.69 Å². The Morgan fingerprint density at radius 3 is 2.10 bits per heavy atom. The Labute approximate surface area is 232 Å². The summed E-state index contributed by atoms with van der Waals surface area (Å²) < 4.78 is 26.8. The van der Waals surface area contributed by atoms with Crippen LogP contribution in [0.1, 0.15) is 42.5 Å². The van der Waals surface area contributed by atoms with Crippen LogP contribution in [0.3, 0.4) is 0 Å². The molecule has 0 aliphatic heterocycles. The highest BCUT2D eigenvalue weighted by Gasteiger charge is 2.33. The third-order valence-electron chi connectivity index (χ3n) is 6.88. The average molecular weight is 550 g/mol. The van der Waals surface area contributed by atoms with Crippen molar-refractivity contribution < 1.29 is 18.0 Å². The summed E-state index contributed by atoms with van der Waals surface area (Å²) in [6.07, 6.45) is 2.12. The first-order chi connectivity index (χ1) is 18.5. The molecule has 0 bridgehead atoms. The second-order valence-electron chi connectivity index (χ2n) is 10.1. The van der Waals surface area contributed by atoms with Gasteiger partial charge in [0.1, 0.15) is 12.6 Å². The first-order valence-electron chi connectivity index (χ1n) is 13.2. The summed E-state index contributed by atoms with van der Waals surface area (Å²) in [5.41, 5.74) is 4.15. The summed E-state index contributed by atoms with van der Waals surface area (Å²) in [6, 6.07) is 23.3. The molecule has 3 aromatic rings. The smallest absolute Gasteiger partial charge is 0.244 e. The largest absolute Gasteiger partial charge is 0.352 e. The maximum atomic E-state index is 14.1. The van der Waals surface area contributed by atoms with Crippen LogP contribution in [0.5, 0.6) is 0 Å². The number of sulfonamides is 1. The molecule has 0 saturated heterocycles. The maximum Gasteiger partial charge on any atom is 0.244 e. The number of nitrogens with one attached hydrogen (secondary N) is 1. The van der Waals surface area contributed by atoms with Crippen molar-refractivity contribution in [1.29, 1.82) is 0 Å². The van der Waals surface area contributed by atoms with Crippen LogP contribution in [0.15, 0.2) is 78.9 Å². The first-order valence-corrected chi connectivity index (χ1v) is 15.1. The van der Waals surface area contributed by atoms with E-state index in [0.29, 0.717) is 12.1 Å². The van der Waals surface area contributed by atoms with Crippen molar-refractivity contribution in [3.8, 4) is 0 Å². The fourth-order valence-corrected chi connectivity index (χ4v) is 5.14. The Morgan fingerprint density at radius 1 is 0.897 bits per heavy atom. The lowest BCUT2D eigenvalue weighted by Crippen LogP contribution is -2.54. The molecule has 0 radical (unpaired) electrons. The monoisotopic (exact) mass is 549 g/mol. The fraction of sp³-hybridized carbons (Fsp3) is 0.355. The maximum absolute atomic E-state index is 14.1.